The molecule has 2 N–H and O–H groups in total. The molecule has 0 aliphatic rings. The number of hydrogen-bond donors (Lipinski definition) is 1. The van der Waals surface area contributed by atoms with E-state index >= 15 is 0 Å². The Labute approximate surface area is 106 Å². The first-order chi connectivity index (χ1) is 8.61. The maximum Gasteiger partial charge on any atom is 0.323 e. The molecule has 0 bridgehead atoms. The topological polar surface area (TPSA) is 78.8 Å². The Balaban J connectivity index is 2.29. The first-order valence-electron chi connectivity index (χ1n) is 5.91. The molecule has 0 aliphatic carbocycles. The fraction of sp³-hybridized carbons (Fsp3) is 0.417. The van der Waals surface area contributed by atoms with Gasteiger partial charge < -0.3 is 10.5 Å². The van der Waals surface area contributed by atoms with Crippen LogP contribution in [0.25, 0.3) is 0 Å². The number of aryl methyl sites for hydroxylation is 1. The third kappa shape index (κ3) is 2.48. The van der Waals surface area contributed by atoms with Gasteiger partial charge in [-0.3, -0.25) is 4.57 Å². The highest BCUT2D eigenvalue weighted by Gasteiger charge is 2.15. The lowest BCUT2D eigenvalue weighted by atomic mass is 10.3. The molecule has 2 rings (SSSR count). The van der Waals surface area contributed by atoms with E-state index in [0.717, 1.165) is 5.56 Å². The van der Waals surface area contributed by atoms with Crippen LogP contribution in [0.3, 0.4) is 0 Å². The molecular weight excluding hydrogens is 230 g/mol. The molecule has 6 heteroatoms. The third-order valence-electron chi connectivity index (χ3n) is 2.56. The Hall–Kier alpha value is -1.95. The summed E-state index contributed by atoms with van der Waals surface area (Å²) in [4.78, 5) is 4.13. The molecule has 0 amide bonds. The minimum absolute atomic E-state index is 0.180. The molecule has 0 fully saturated rings. The Morgan fingerprint density at radius 3 is 2.83 bits per heavy atom. The molecule has 0 saturated heterocycles. The van der Waals surface area contributed by atoms with Crippen LogP contribution >= 0.6 is 0 Å². The highest BCUT2D eigenvalue weighted by Crippen LogP contribution is 2.20. The second kappa shape index (κ2) is 5.14. The maximum absolute atomic E-state index is 5.83. The number of rotatable bonds is 4. The van der Waals surface area contributed by atoms with Crippen molar-refractivity contribution in [1.82, 2.24) is 19.7 Å². The average Bonchev–Trinajstić information content (AvgIpc) is 2.72. The quantitative estimate of drug-likeness (QED) is 0.891. The highest BCUT2D eigenvalue weighted by atomic mass is 16.5. The Kier molecular flexibility index (Phi) is 3.57. The molecule has 1 atom stereocenters. The van der Waals surface area contributed by atoms with E-state index in [9.17, 15) is 0 Å². The molecule has 0 saturated carbocycles. The van der Waals surface area contributed by atoms with Crippen molar-refractivity contribution >= 4 is 0 Å². The van der Waals surface area contributed by atoms with Crippen LogP contribution in [0, 0.1) is 6.92 Å². The van der Waals surface area contributed by atoms with Crippen molar-refractivity contribution in [3.05, 3.63) is 29.7 Å². The van der Waals surface area contributed by atoms with Crippen molar-refractivity contribution in [3.8, 4) is 11.9 Å². The summed E-state index contributed by atoms with van der Waals surface area (Å²) >= 11 is 0. The molecule has 2 heterocycles. The number of nitrogens with two attached hydrogens (primary N) is 1. The molecule has 0 aliphatic heterocycles. The van der Waals surface area contributed by atoms with Crippen LogP contribution in [0.1, 0.15) is 31.3 Å². The summed E-state index contributed by atoms with van der Waals surface area (Å²) < 4.78 is 7.48. The van der Waals surface area contributed by atoms with Crippen molar-refractivity contribution < 1.29 is 4.74 Å². The third-order valence-corrected chi connectivity index (χ3v) is 2.56. The van der Waals surface area contributed by atoms with Gasteiger partial charge in [-0.2, -0.15) is 0 Å². The summed E-state index contributed by atoms with van der Waals surface area (Å²) in [5.41, 5.74) is 6.91. The summed E-state index contributed by atoms with van der Waals surface area (Å²) in [5.74, 6) is 1.22. The van der Waals surface area contributed by atoms with E-state index in [2.05, 4.69) is 15.2 Å². The van der Waals surface area contributed by atoms with Crippen LogP contribution in [0.15, 0.2) is 18.3 Å². The van der Waals surface area contributed by atoms with E-state index in [-0.39, 0.29) is 6.04 Å². The lowest BCUT2D eigenvalue weighted by molar-refractivity contribution is 0.395. The second-order valence-electron chi connectivity index (χ2n) is 4.15. The lowest BCUT2D eigenvalue weighted by Crippen LogP contribution is -2.13. The van der Waals surface area contributed by atoms with Gasteiger partial charge >= 0.3 is 6.01 Å². The second-order valence-corrected chi connectivity index (χ2v) is 4.15. The van der Waals surface area contributed by atoms with Gasteiger partial charge in [0.1, 0.15) is 0 Å². The highest BCUT2D eigenvalue weighted by molar-refractivity contribution is 5.21. The number of nitrogens with zero attached hydrogens (tertiary/aromatic N) is 4. The minimum atomic E-state index is -0.180. The summed E-state index contributed by atoms with van der Waals surface area (Å²) in [6.07, 6.45) is 1.70. The van der Waals surface area contributed by atoms with Gasteiger partial charge in [0, 0.05) is 18.8 Å². The van der Waals surface area contributed by atoms with E-state index in [1.807, 2.05) is 37.5 Å². The predicted octanol–water partition coefficient (Wildman–Crippen LogP) is 1.81. The van der Waals surface area contributed by atoms with Gasteiger partial charge in [0.2, 0.25) is 5.88 Å². The molecule has 96 valence electrons. The minimum Gasteiger partial charge on any atom is -0.405 e. The summed E-state index contributed by atoms with van der Waals surface area (Å²) in [7, 11) is 0. The van der Waals surface area contributed by atoms with E-state index in [4.69, 9.17) is 10.5 Å². The van der Waals surface area contributed by atoms with Crippen molar-refractivity contribution in [1.29, 1.82) is 0 Å². The average molecular weight is 247 g/mol. The zero-order chi connectivity index (χ0) is 13.1. The molecule has 0 unspecified atom stereocenters. The van der Waals surface area contributed by atoms with Gasteiger partial charge in [-0.25, -0.2) is 4.98 Å². The SMILES string of the molecule is CCn1c(Oc2cc(C)ccn2)nnc1[C@@H](C)N. The molecule has 2 aromatic rings. The number of aromatic nitrogens is 4. The van der Waals surface area contributed by atoms with Crippen LogP contribution in [0.2, 0.25) is 0 Å². The van der Waals surface area contributed by atoms with E-state index in [1.54, 1.807) is 6.20 Å². The summed E-state index contributed by atoms with van der Waals surface area (Å²) in [5, 5.41) is 8.04. The lowest BCUT2D eigenvalue weighted by Gasteiger charge is -2.09. The van der Waals surface area contributed by atoms with Crippen LogP contribution in [0.5, 0.6) is 11.9 Å². The van der Waals surface area contributed by atoms with Crippen LogP contribution in [-0.4, -0.2) is 19.7 Å². The maximum atomic E-state index is 5.83. The Bertz CT molecular complexity index is 535. The van der Waals surface area contributed by atoms with Gasteiger partial charge in [0.25, 0.3) is 0 Å². The first-order valence-corrected chi connectivity index (χ1v) is 5.91. The Morgan fingerprint density at radius 2 is 2.22 bits per heavy atom. The number of pyridine rings is 1. The van der Waals surface area contributed by atoms with Crippen molar-refractivity contribution in [2.75, 3.05) is 0 Å². The largest absolute Gasteiger partial charge is 0.405 e. The van der Waals surface area contributed by atoms with Crippen molar-refractivity contribution in [3.63, 3.8) is 0 Å². The predicted molar refractivity (Wildman–Crippen MR) is 67.3 cm³/mol. The first kappa shape index (κ1) is 12.5. The number of hydrogen-bond acceptors (Lipinski definition) is 5. The zero-order valence-corrected chi connectivity index (χ0v) is 10.8. The van der Waals surface area contributed by atoms with Gasteiger partial charge in [0.05, 0.1) is 6.04 Å². The van der Waals surface area contributed by atoms with Gasteiger partial charge in [-0.1, -0.05) is 5.10 Å². The summed E-state index contributed by atoms with van der Waals surface area (Å²) in [6.45, 7) is 6.54. The summed E-state index contributed by atoms with van der Waals surface area (Å²) in [6, 6.07) is 3.99. The Morgan fingerprint density at radius 1 is 1.44 bits per heavy atom. The van der Waals surface area contributed by atoms with Crippen LogP contribution in [-0.2, 0) is 6.54 Å². The van der Waals surface area contributed by atoms with Gasteiger partial charge in [0.15, 0.2) is 5.82 Å². The zero-order valence-electron chi connectivity index (χ0n) is 10.8. The van der Waals surface area contributed by atoms with Crippen LogP contribution < -0.4 is 10.5 Å². The molecule has 6 nitrogen and oxygen atoms in total. The molecule has 18 heavy (non-hydrogen) atoms. The van der Waals surface area contributed by atoms with Crippen molar-refractivity contribution in [2.45, 2.75) is 33.4 Å². The molecule has 0 aromatic carbocycles. The number of ether oxygens (including phenoxy) is 1. The van der Waals surface area contributed by atoms with Crippen molar-refractivity contribution in [2.24, 2.45) is 5.73 Å². The molecule has 0 radical (unpaired) electrons. The fourth-order valence-electron chi connectivity index (χ4n) is 1.67. The van der Waals surface area contributed by atoms with E-state index in [0.29, 0.717) is 24.3 Å². The standard InChI is InChI=1S/C12H17N5O/c1-4-17-11(9(3)13)15-16-12(17)18-10-7-8(2)5-6-14-10/h5-7,9H,4,13H2,1-3H3/t9-/m1/s1. The molecule has 0 spiro atoms. The monoisotopic (exact) mass is 247 g/mol. The normalized spacial score (nSPS) is 12.4. The van der Waals surface area contributed by atoms with E-state index < -0.39 is 0 Å². The van der Waals surface area contributed by atoms with Gasteiger partial charge in [-0.05, 0) is 32.4 Å². The van der Waals surface area contributed by atoms with Crippen LogP contribution in [0.4, 0.5) is 0 Å². The van der Waals surface area contributed by atoms with Gasteiger partial charge in [-0.15, -0.1) is 5.10 Å². The smallest absolute Gasteiger partial charge is 0.323 e. The fourth-order valence-corrected chi connectivity index (χ4v) is 1.67. The van der Waals surface area contributed by atoms with E-state index in [1.165, 1.54) is 0 Å². The molecule has 2 aromatic heterocycles. The molecular formula is C12H17N5O.